The lowest BCUT2D eigenvalue weighted by Gasteiger charge is -2.51. The van der Waals surface area contributed by atoms with Gasteiger partial charge in [-0.15, -0.1) is 0 Å². The molecule has 0 bridgehead atoms. The molecule has 1 saturated carbocycles. The van der Waals surface area contributed by atoms with Crippen molar-refractivity contribution >= 4 is 0 Å². The number of rotatable bonds is 0. The molecule has 1 saturated heterocycles. The Morgan fingerprint density at radius 1 is 1.30 bits per heavy atom. The van der Waals surface area contributed by atoms with Crippen LogP contribution in [0.2, 0.25) is 0 Å². The molecule has 2 rings (SSSR count). The summed E-state index contributed by atoms with van der Waals surface area (Å²) in [6, 6.07) is 0. The number of nitrogens with one attached hydrogen (secondary N) is 1. The van der Waals surface area contributed by atoms with Crippen LogP contribution in [-0.2, 0) is 0 Å². The number of hydrogen-bond acceptors (Lipinski definition) is 1. The van der Waals surface area contributed by atoms with Gasteiger partial charge in [0.15, 0.2) is 0 Å². The Balaban J connectivity index is 0.000000231. The quantitative estimate of drug-likeness (QED) is 0.547. The second-order valence-electron chi connectivity index (χ2n) is 3.11. The maximum atomic E-state index is 12.2. The molecule has 2 fully saturated rings. The molecule has 0 amide bonds. The maximum absolute atomic E-state index is 12.2. The van der Waals surface area contributed by atoms with Gasteiger partial charge in [0.1, 0.15) is 6.17 Å². The zero-order valence-corrected chi connectivity index (χ0v) is 6.78. The molecule has 0 atom stereocenters. The SMILES string of the molecule is CC.FC1CC2(CNC2)C1. The van der Waals surface area contributed by atoms with Crippen LogP contribution >= 0.6 is 0 Å². The molecule has 0 aromatic heterocycles. The highest BCUT2D eigenvalue weighted by atomic mass is 19.1. The molecule has 0 unspecified atom stereocenters. The predicted molar refractivity (Wildman–Crippen MR) is 40.8 cm³/mol. The Labute approximate surface area is 62.0 Å². The highest BCUT2D eigenvalue weighted by Gasteiger charge is 2.48. The molecular formula is C8H16FN. The smallest absolute Gasteiger partial charge is 0.101 e. The molecule has 2 heteroatoms. The van der Waals surface area contributed by atoms with Gasteiger partial charge in [0, 0.05) is 18.5 Å². The minimum absolute atomic E-state index is 0.430. The normalized spacial score (nSPS) is 27.9. The number of alkyl halides is 1. The summed E-state index contributed by atoms with van der Waals surface area (Å²) in [6.07, 6.45) is 1.16. The van der Waals surface area contributed by atoms with E-state index in [2.05, 4.69) is 5.32 Å². The molecule has 1 aliphatic carbocycles. The minimum Gasteiger partial charge on any atom is -0.316 e. The fourth-order valence-corrected chi connectivity index (χ4v) is 1.65. The van der Waals surface area contributed by atoms with Crippen LogP contribution in [0.5, 0.6) is 0 Å². The van der Waals surface area contributed by atoms with Gasteiger partial charge in [-0.1, -0.05) is 13.8 Å². The largest absolute Gasteiger partial charge is 0.316 e. The lowest BCUT2D eigenvalue weighted by atomic mass is 9.63. The van der Waals surface area contributed by atoms with E-state index in [-0.39, 0.29) is 0 Å². The summed E-state index contributed by atoms with van der Waals surface area (Å²) in [7, 11) is 0. The number of hydrogen-bond donors (Lipinski definition) is 1. The van der Waals surface area contributed by atoms with Crippen LogP contribution in [0.4, 0.5) is 4.39 Å². The van der Waals surface area contributed by atoms with Crippen molar-refractivity contribution in [1.29, 1.82) is 0 Å². The van der Waals surface area contributed by atoms with Gasteiger partial charge >= 0.3 is 0 Å². The molecule has 1 aliphatic heterocycles. The van der Waals surface area contributed by atoms with E-state index in [9.17, 15) is 4.39 Å². The van der Waals surface area contributed by atoms with Gasteiger partial charge in [0.25, 0.3) is 0 Å². The van der Waals surface area contributed by atoms with E-state index < -0.39 is 6.17 Å². The first-order chi connectivity index (χ1) is 4.81. The maximum Gasteiger partial charge on any atom is 0.101 e. The first-order valence-corrected chi connectivity index (χ1v) is 4.16. The summed E-state index contributed by atoms with van der Waals surface area (Å²) >= 11 is 0. The van der Waals surface area contributed by atoms with Crippen LogP contribution in [0.1, 0.15) is 26.7 Å². The first kappa shape index (κ1) is 7.99. The lowest BCUT2D eigenvalue weighted by molar-refractivity contribution is -0.0186. The third kappa shape index (κ3) is 1.17. The zero-order valence-electron chi connectivity index (χ0n) is 6.78. The Hall–Kier alpha value is -0.110. The fourth-order valence-electron chi connectivity index (χ4n) is 1.65. The molecule has 60 valence electrons. The van der Waals surface area contributed by atoms with Crippen molar-refractivity contribution in [3.05, 3.63) is 0 Å². The summed E-state index contributed by atoms with van der Waals surface area (Å²) in [5.74, 6) is 0. The van der Waals surface area contributed by atoms with Gasteiger partial charge in [-0.05, 0) is 12.8 Å². The highest BCUT2D eigenvalue weighted by Crippen LogP contribution is 2.45. The molecule has 0 aromatic carbocycles. The van der Waals surface area contributed by atoms with Crippen molar-refractivity contribution in [3.63, 3.8) is 0 Å². The van der Waals surface area contributed by atoms with Crippen molar-refractivity contribution in [1.82, 2.24) is 5.32 Å². The van der Waals surface area contributed by atoms with Crippen LogP contribution in [0.15, 0.2) is 0 Å². The van der Waals surface area contributed by atoms with Crippen molar-refractivity contribution in [2.24, 2.45) is 5.41 Å². The Morgan fingerprint density at radius 2 is 1.80 bits per heavy atom. The van der Waals surface area contributed by atoms with Crippen LogP contribution < -0.4 is 5.32 Å². The predicted octanol–water partition coefficient (Wildman–Crippen LogP) is 1.73. The highest BCUT2D eigenvalue weighted by molar-refractivity contribution is 5.02. The van der Waals surface area contributed by atoms with Gasteiger partial charge in [-0.25, -0.2) is 4.39 Å². The standard InChI is InChI=1S/C6H10FN.C2H6/c7-5-1-6(2-5)3-8-4-6;1-2/h5,8H,1-4H2;1-2H3. The summed E-state index contributed by atoms with van der Waals surface area (Å²) < 4.78 is 12.2. The zero-order chi connectivity index (χ0) is 7.61. The van der Waals surface area contributed by atoms with E-state index >= 15 is 0 Å². The Morgan fingerprint density at radius 3 is 1.90 bits per heavy atom. The molecule has 1 heterocycles. The second-order valence-corrected chi connectivity index (χ2v) is 3.11. The Kier molecular flexibility index (Phi) is 2.29. The van der Waals surface area contributed by atoms with Gasteiger partial charge in [-0.2, -0.15) is 0 Å². The lowest BCUT2D eigenvalue weighted by Crippen LogP contribution is -2.60. The van der Waals surface area contributed by atoms with E-state index in [1.165, 1.54) is 0 Å². The molecule has 1 N–H and O–H groups in total. The topological polar surface area (TPSA) is 12.0 Å². The molecule has 1 nitrogen and oxygen atoms in total. The van der Waals surface area contributed by atoms with E-state index in [0.29, 0.717) is 5.41 Å². The van der Waals surface area contributed by atoms with Gasteiger partial charge in [0.05, 0.1) is 0 Å². The molecule has 1 spiro atoms. The van der Waals surface area contributed by atoms with Gasteiger partial charge in [0.2, 0.25) is 0 Å². The van der Waals surface area contributed by atoms with Crippen LogP contribution in [-0.4, -0.2) is 19.3 Å². The molecular weight excluding hydrogens is 129 g/mol. The van der Waals surface area contributed by atoms with E-state index in [1.54, 1.807) is 0 Å². The average Bonchev–Trinajstić information content (AvgIpc) is 1.82. The van der Waals surface area contributed by atoms with E-state index in [1.807, 2.05) is 13.8 Å². The van der Waals surface area contributed by atoms with Crippen molar-refractivity contribution in [2.45, 2.75) is 32.9 Å². The van der Waals surface area contributed by atoms with Crippen LogP contribution in [0, 0.1) is 5.41 Å². The van der Waals surface area contributed by atoms with E-state index in [0.717, 1.165) is 25.9 Å². The summed E-state index contributed by atoms with van der Waals surface area (Å²) in [6.45, 7) is 6.13. The minimum atomic E-state index is -0.475. The third-order valence-corrected chi connectivity index (χ3v) is 2.31. The van der Waals surface area contributed by atoms with Gasteiger partial charge < -0.3 is 5.32 Å². The first-order valence-electron chi connectivity index (χ1n) is 4.16. The molecule has 2 aliphatic rings. The van der Waals surface area contributed by atoms with Crippen LogP contribution in [0.25, 0.3) is 0 Å². The summed E-state index contributed by atoms with van der Waals surface area (Å²) in [4.78, 5) is 0. The number of halogens is 1. The van der Waals surface area contributed by atoms with Gasteiger partial charge in [-0.3, -0.25) is 0 Å². The average molecular weight is 145 g/mol. The second kappa shape index (κ2) is 2.87. The van der Waals surface area contributed by atoms with Crippen molar-refractivity contribution in [2.75, 3.05) is 13.1 Å². The third-order valence-electron chi connectivity index (χ3n) is 2.31. The van der Waals surface area contributed by atoms with Crippen molar-refractivity contribution < 1.29 is 4.39 Å². The summed E-state index contributed by atoms with van der Waals surface area (Å²) in [5, 5.41) is 3.16. The summed E-state index contributed by atoms with van der Waals surface area (Å²) in [5.41, 5.74) is 0.430. The molecule has 0 aromatic rings. The van der Waals surface area contributed by atoms with Crippen LogP contribution in [0.3, 0.4) is 0 Å². The van der Waals surface area contributed by atoms with Crippen molar-refractivity contribution in [3.8, 4) is 0 Å². The monoisotopic (exact) mass is 145 g/mol. The van der Waals surface area contributed by atoms with E-state index in [4.69, 9.17) is 0 Å². The molecule has 10 heavy (non-hydrogen) atoms. The Bertz CT molecular complexity index is 102. The molecule has 0 radical (unpaired) electrons. The fraction of sp³-hybridized carbons (Fsp3) is 1.00.